The molecule has 3 N–H and O–H groups in total. The number of nitro groups is 1. The molecule has 6 aromatic rings. The maximum absolute atomic E-state index is 14.4. The molecule has 2 aromatic heterocycles. The van der Waals surface area contributed by atoms with E-state index in [2.05, 4.69) is 55.5 Å². The van der Waals surface area contributed by atoms with E-state index >= 15 is 0 Å². The van der Waals surface area contributed by atoms with Crippen molar-refractivity contribution in [2.45, 2.75) is 57.6 Å². The Balaban J connectivity index is 0.973. The van der Waals surface area contributed by atoms with E-state index in [1.165, 1.54) is 47.0 Å². The molecule has 4 aromatic carbocycles. The van der Waals surface area contributed by atoms with Crippen LogP contribution in [0.4, 0.5) is 37.2 Å². The summed E-state index contributed by atoms with van der Waals surface area (Å²) in [5.41, 5.74) is 6.89. The number of rotatable bonds is 14. The molecular formula is C50H51ClF2N8O7S. The van der Waals surface area contributed by atoms with Crippen molar-refractivity contribution in [2.75, 3.05) is 61.0 Å². The van der Waals surface area contributed by atoms with E-state index in [0.29, 0.717) is 66.1 Å². The van der Waals surface area contributed by atoms with Crippen LogP contribution < -0.4 is 29.3 Å². The predicted molar refractivity (Wildman–Crippen MR) is 262 cm³/mol. The molecule has 0 radical (unpaired) electrons. The van der Waals surface area contributed by atoms with E-state index in [9.17, 15) is 32.1 Å². The fourth-order valence-corrected chi connectivity index (χ4v) is 10.4. The van der Waals surface area contributed by atoms with Crippen LogP contribution in [0, 0.1) is 15.5 Å². The molecule has 1 fully saturated rings. The number of ether oxygens (including phenoxy) is 2. The molecule has 3 aliphatic rings. The van der Waals surface area contributed by atoms with Gasteiger partial charge in [-0.2, -0.15) is 13.8 Å². The van der Waals surface area contributed by atoms with Gasteiger partial charge in [0, 0.05) is 74.2 Å². The zero-order valence-corrected chi connectivity index (χ0v) is 39.6. The number of H-pyrrole nitrogens is 1. The Morgan fingerprint density at radius 2 is 1.74 bits per heavy atom. The first-order valence-electron chi connectivity index (χ1n) is 22.7. The number of pyridine rings is 1. The summed E-state index contributed by atoms with van der Waals surface area (Å²) in [6.45, 7) is 6.40. The molecule has 0 atom stereocenters. The first kappa shape index (κ1) is 47.3. The largest absolute Gasteiger partial charge is 0.476 e. The van der Waals surface area contributed by atoms with Crippen molar-refractivity contribution in [1.29, 1.82) is 0 Å². The van der Waals surface area contributed by atoms with E-state index in [-0.39, 0.29) is 29.0 Å². The van der Waals surface area contributed by atoms with Crippen LogP contribution in [0.2, 0.25) is 5.02 Å². The number of nitro benzene ring substituents is 1. The topological polar surface area (TPSA) is 175 Å². The summed E-state index contributed by atoms with van der Waals surface area (Å²) in [5.74, 6) is -0.628. The first-order chi connectivity index (χ1) is 33.1. The van der Waals surface area contributed by atoms with Gasteiger partial charge >= 0.3 is 6.61 Å². The number of allylic oxidation sites excluding steroid dienone is 1. The monoisotopic (exact) mass is 980 g/mol. The second-order valence-corrected chi connectivity index (χ2v) is 20.3. The van der Waals surface area contributed by atoms with E-state index in [1.807, 2.05) is 41.3 Å². The van der Waals surface area contributed by atoms with Gasteiger partial charge in [0.05, 0.1) is 27.7 Å². The maximum atomic E-state index is 14.4. The summed E-state index contributed by atoms with van der Waals surface area (Å²) in [6, 6.07) is 26.3. The lowest BCUT2D eigenvalue weighted by Crippen LogP contribution is -2.47. The zero-order chi connectivity index (χ0) is 48.5. The SMILES string of the molecule is CC1(C)CCC(CN2CCN(c3ccc(C(=O)NS(=O)(=O)c4ccc(NCc5ccc(OC(F)F)cc5)c([N+](=O)[O-])c4)c(N4CCCOc5nc6[nH]ccc6cc54)c3)CC2)=C(c2ccc(Cl)cc2)C1. The Bertz CT molecular complexity index is 3030. The van der Waals surface area contributed by atoms with Gasteiger partial charge in [0.25, 0.3) is 21.6 Å². The Morgan fingerprint density at radius 1 is 0.971 bits per heavy atom. The van der Waals surface area contributed by atoms with Crippen LogP contribution in [0.15, 0.2) is 114 Å². The molecule has 4 heterocycles. The van der Waals surface area contributed by atoms with Crippen molar-refractivity contribution in [3.63, 3.8) is 0 Å². The summed E-state index contributed by atoms with van der Waals surface area (Å²) in [4.78, 5) is 40.0. The van der Waals surface area contributed by atoms with E-state index < -0.39 is 38.0 Å². The number of sulfonamides is 1. The van der Waals surface area contributed by atoms with Gasteiger partial charge in [0.2, 0.25) is 5.88 Å². The molecule has 15 nitrogen and oxygen atoms in total. The van der Waals surface area contributed by atoms with Gasteiger partial charge in [-0.05, 0) is 115 Å². The highest BCUT2D eigenvalue weighted by atomic mass is 35.5. The average molecular weight is 982 g/mol. The first-order valence-corrected chi connectivity index (χ1v) is 24.6. The lowest BCUT2D eigenvalue weighted by Gasteiger charge is -2.39. The molecule has 9 rings (SSSR count). The Hall–Kier alpha value is -6.76. The summed E-state index contributed by atoms with van der Waals surface area (Å²) < 4.78 is 65.8. The van der Waals surface area contributed by atoms with E-state index in [4.69, 9.17) is 21.3 Å². The molecule has 1 amide bonds. The Morgan fingerprint density at radius 3 is 2.48 bits per heavy atom. The van der Waals surface area contributed by atoms with Crippen LogP contribution in [0.5, 0.6) is 11.6 Å². The molecular weight excluding hydrogens is 930 g/mol. The van der Waals surface area contributed by atoms with Gasteiger partial charge in [-0.1, -0.05) is 55.3 Å². The second-order valence-electron chi connectivity index (χ2n) is 18.2. The van der Waals surface area contributed by atoms with Crippen LogP contribution in [0.3, 0.4) is 0 Å². The lowest BCUT2D eigenvalue weighted by atomic mass is 9.72. The highest BCUT2D eigenvalue weighted by Crippen LogP contribution is 2.44. The van der Waals surface area contributed by atoms with Crippen LogP contribution in [-0.4, -0.2) is 86.6 Å². The number of nitrogens with zero attached hydrogens (tertiary/aromatic N) is 5. The van der Waals surface area contributed by atoms with Crippen LogP contribution in [-0.2, 0) is 16.6 Å². The standard InChI is InChI=1S/C50H51ClF2N8O7S/c1-50(2)18-16-35(41(29-50)33-6-8-36(51)9-7-33)31-58-21-23-59(24-22-58)37-10-14-40(43(27-37)60-20-3-25-67-48-45(60)26-34-17-19-54-46(34)56-48)47(62)57-69(65,66)39-13-15-42(44(28-39)61(63)64)55-30-32-4-11-38(12-5-32)68-49(52)53/h4-15,17,19,26-28,49,55H,3,16,18,20-25,29-31H2,1-2H3,(H,54,56)(H,57,62). The quantitative estimate of drug-likeness (QED) is 0.0697. The minimum Gasteiger partial charge on any atom is -0.476 e. The highest BCUT2D eigenvalue weighted by molar-refractivity contribution is 7.90. The van der Waals surface area contributed by atoms with E-state index in [1.54, 1.807) is 12.3 Å². The smallest absolute Gasteiger partial charge is 0.387 e. The minimum absolute atomic E-state index is 0.00174. The number of alkyl halides is 2. The van der Waals surface area contributed by atoms with Gasteiger partial charge in [0.15, 0.2) is 0 Å². The summed E-state index contributed by atoms with van der Waals surface area (Å²) >= 11 is 6.27. The zero-order valence-electron chi connectivity index (χ0n) is 38.0. The van der Waals surface area contributed by atoms with Crippen molar-refractivity contribution in [2.24, 2.45) is 5.41 Å². The molecule has 0 spiro atoms. The molecule has 19 heteroatoms. The Labute approximate surface area is 403 Å². The van der Waals surface area contributed by atoms with Gasteiger partial charge < -0.3 is 29.6 Å². The predicted octanol–water partition coefficient (Wildman–Crippen LogP) is 10.2. The normalized spacial score (nSPS) is 16.5. The molecule has 0 bridgehead atoms. The number of benzene rings is 4. The number of aromatic nitrogens is 2. The number of nitrogens with one attached hydrogen (secondary N) is 3. The molecule has 0 unspecified atom stereocenters. The molecule has 0 saturated carbocycles. The number of carbonyl (C=O) groups excluding carboxylic acids is 1. The number of carbonyl (C=O) groups is 1. The van der Waals surface area contributed by atoms with Gasteiger partial charge in [-0.3, -0.25) is 19.8 Å². The number of piperazine rings is 1. The Kier molecular flexibility index (Phi) is 13.5. The van der Waals surface area contributed by atoms with Gasteiger partial charge in [-0.15, -0.1) is 0 Å². The van der Waals surface area contributed by atoms with Gasteiger partial charge in [-0.25, -0.2) is 13.1 Å². The molecule has 1 aliphatic carbocycles. The fourth-order valence-electron chi connectivity index (χ4n) is 9.25. The van der Waals surface area contributed by atoms with Gasteiger partial charge in [0.1, 0.15) is 22.8 Å². The van der Waals surface area contributed by atoms with E-state index in [0.717, 1.165) is 62.1 Å². The van der Waals surface area contributed by atoms with Crippen molar-refractivity contribution in [3.05, 3.63) is 141 Å². The molecule has 360 valence electrons. The number of halogens is 3. The molecule has 2 aliphatic heterocycles. The summed E-state index contributed by atoms with van der Waals surface area (Å²) in [7, 11) is -4.67. The highest BCUT2D eigenvalue weighted by Gasteiger charge is 2.32. The molecule has 1 saturated heterocycles. The minimum atomic E-state index is -4.67. The molecule has 69 heavy (non-hydrogen) atoms. The number of hydrogen-bond acceptors (Lipinski definition) is 12. The number of amides is 1. The van der Waals surface area contributed by atoms with Crippen molar-refractivity contribution in [3.8, 4) is 11.6 Å². The summed E-state index contributed by atoms with van der Waals surface area (Å²) in [5, 5.41) is 16.7. The second kappa shape index (κ2) is 19.7. The van der Waals surface area contributed by atoms with Crippen LogP contribution in [0.1, 0.15) is 61.0 Å². The fraction of sp³-hybridized carbons (Fsp3) is 0.320. The van der Waals surface area contributed by atoms with Crippen LogP contribution in [0.25, 0.3) is 16.6 Å². The van der Waals surface area contributed by atoms with Crippen molar-refractivity contribution >= 4 is 72.6 Å². The average Bonchev–Trinajstić information content (AvgIpc) is 3.69. The third-order valence-corrected chi connectivity index (χ3v) is 14.5. The van der Waals surface area contributed by atoms with Crippen LogP contribution >= 0.6 is 11.6 Å². The third kappa shape index (κ3) is 10.8. The van der Waals surface area contributed by atoms with Crippen molar-refractivity contribution in [1.82, 2.24) is 19.6 Å². The van der Waals surface area contributed by atoms with Crippen molar-refractivity contribution < 1.29 is 36.4 Å². The third-order valence-electron chi connectivity index (χ3n) is 12.9. The number of anilines is 4. The number of aromatic amines is 1. The number of fused-ring (bicyclic) bond motifs is 2. The number of hydrogen-bond donors (Lipinski definition) is 3. The maximum Gasteiger partial charge on any atom is 0.387 e. The summed E-state index contributed by atoms with van der Waals surface area (Å²) in [6.07, 6.45) is 5.49. The lowest BCUT2D eigenvalue weighted by molar-refractivity contribution is -0.384.